The maximum atomic E-state index is 12.5. The number of carbonyl (C=O) groups excluding carboxylic acids is 2. The molecule has 0 aromatic heterocycles. The molecule has 2 aromatic carbocycles. The largest absolute Gasteiger partial charge is 0.494 e. The van der Waals surface area contributed by atoms with Gasteiger partial charge in [-0.2, -0.15) is 0 Å². The molecule has 1 aliphatic heterocycles. The van der Waals surface area contributed by atoms with Crippen LogP contribution in [-0.2, 0) is 4.79 Å². The van der Waals surface area contributed by atoms with Gasteiger partial charge in [0.05, 0.1) is 25.9 Å². The summed E-state index contributed by atoms with van der Waals surface area (Å²) in [6.45, 7) is 7.42. The number of ether oxygens (including phenoxy) is 3. The third kappa shape index (κ3) is 6.48. The first-order valence-electron chi connectivity index (χ1n) is 10.9. The minimum atomic E-state index is -0.107. The third-order valence-corrected chi connectivity index (χ3v) is 5.19. The zero-order valence-corrected chi connectivity index (χ0v) is 18.5. The van der Waals surface area contributed by atoms with E-state index in [2.05, 4.69) is 19.2 Å². The van der Waals surface area contributed by atoms with Gasteiger partial charge >= 0.3 is 0 Å². The normalized spacial score (nSPS) is 13.9. The summed E-state index contributed by atoms with van der Waals surface area (Å²) in [5.41, 5.74) is 1.66. The smallest absolute Gasteiger partial charge is 0.220 e. The van der Waals surface area contributed by atoms with Gasteiger partial charge < -0.3 is 19.5 Å². The summed E-state index contributed by atoms with van der Waals surface area (Å²) >= 11 is 0. The van der Waals surface area contributed by atoms with Crippen LogP contribution in [0.15, 0.2) is 42.5 Å². The van der Waals surface area contributed by atoms with Crippen molar-refractivity contribution in [2.75, 3.05) is 19.8 Å². The molecule has 1 aliphatic rings. The van der Waals surface area contributed by atoms with Crippen molar-refractivity contribution in [1.82, 2.24) is 5.32 Å². The number of ketones is 1. The molecule has 2 aromatic rings. The quantitative estimate of drug-likeness (QED) is 0.465. The van der Waals surface area contributed by atoms with Crippen LogP contribution in [0.1, 0.15) is 62.0 Å². The second-order valence-electron chi connectivity index (χ2n) is 8.08. The molecule has 3 rings (SSSR count). The van der Waals surface area contributed by atoms with Crippen LogP contribution in [-0.4, -0.2) is 31.5 Å². The Kier molecular flexibility index (Phi) is 7.93. The van der Waals surface area contributed by atoms with Crippen LogP contribution in [0.25, 0.3) is 0 Å². The fourth-order valence-electron chi connectivity index (χ4n) is 3.46. The maximum Gasteiger partial charge on any atom is 0.220 e. The van der Waals surface area contributed by atoms with E-state index in [-0.39, 0.29) is 23.7 Å². The van der Waals surface area contributed by atoms with E-state index in [1.165, 1.54) is 6.92 Å². The fourth-order valence-corrected chi connectivity index (χ4v) is 3.46. The standard InChI is InChI=1S/C25H31NO5/c1-17(2)25(20-9-12-22-23(16-20)31-15-5-14-30-22)26-24(28)6-4-13-29-21-10-7-19(8-11-21)18(3)27/h7-12,16-17,25H,4-6,13-15H2,1-3H3,(H,26,28)/t25-/m0/s1. The Morgan fingerprint density at radius 1 is 1.03 bits per heavy atom. The van der Waals surface area contributed by atoms with E-state index < -0.39 is 0 Å². The summed E-state index contributed by atoms with van der Waals surface area (Å²) in [7, 11) is 0. The average Bonchev–Trinajstić information content (AvgIpc) is 3.00. The number of hydrogen-bond acceptors (Lipinski definition) is 5. The fraction of sp³-hybridized carbons (Fsp3) is 0.440. The van der Waals surface area contributed by atoms with Crippen molar-refractivity contribution >= 4 is 11.7 Å². The lowest BCUT2D eigenvalue weighted by atomic mass is 9.95. The number of nitrogens with one attached hydrogen (secondary N) is 1. The molecule has 0 radical (unpaired) electrons. The average molecular weight is 426 g/mol. The van der Waals surface area contributed by atoms with Crippen LogP contribution in [0, 0.1) is 5.92 Å². The number of carbonyl (C=O) groups is 2. The highest BCUT2D eigenvalue weighted by Gasteiger charge is 2.21. The third-order valence-electron chi connectivity index (χ3n) is 5.19. The van der Waals surface area contributed by atoms with Gasteiger partial charge in [0, 0.05) is 18.4 Å². The highest BCUT2D eigenvalue weighted by molar-refractivity contribution is 5.94. The van der Waals surface area contributed by atoms with Crippen LogP contribution >= 0.6 is 0 Å². The summed E-state index contributed by atoms with van der Waals surface area (Å²) in [4.78, 5) is 23.9. The molecule has 166 valence electrons. The Labute approximate surface area is 183 Å². The number of benzene rings is 2. The minimum Gasteiger partial charge on any atom is -0.494 e. The van der Waals surface area contributed by atoms with Gasteiger partial charge in [0.25, 0.3) is 0 Å². The Morgan fingerprint density at radius 3 is 2.42 bits per heavy atom. The van der Waals surface area contributed by atoms with Gasteiger partial charge in [0.15, 0.2) is 17.3 Å². The van der Waals surface area contributed by atoms with Gasteiger partial charge in [-0.1, -0.05) is 19.9 Å². The summed E-state index contributed by atoms with van der Waals surface area (Å²) in [5.74, 6) is 2.42. The molecule has 0 saturated heterocycles. The Morgan fingerprint density at radius 2 is 1.74 bits per heavy atom. The topological polar surface area (TPSA) is 73.9 Å². The number of hydrogen-bond donors (Lipinski definition) is 1. The lowest BCUT2D eigenvalue weighted by Crippen LogP contribution is -2.31. The molecular weight excluding hydrogens is 394 g/mol. The van der Waals surface area contributed by atoms with Crippen molar-refractivity contribution in [3.63, 3.8) is 0 Å². The van der Waals surface area contributed by atoms with Crippen LogP contribution in [0.3, 0.4) is 0 Å². The van der Waals surface area contributed by atoms with E-state index in [0.29, 0.717) is 44.0 Å². The number of amides is 1. The molecule has 1 amide bonds. The molecule has 0 fully saturated rings. The molecule has 0 unspecified atom stereocenters. The van der Waals surface area contributed by atoms with Gasteiger partial charge in [-0.15, -0.1) is 0 Å². The molecule has 1 N–H and O–H groups in total. The van der Waals surface area contributed by atoms with E-state index in [1.54, 1.807) is 24.3 Å². The molecule has 0 spiro atoms. The van der Waals surface area contributed by atoms with Crippen molar-refractivity contribution in [2.45, 2.75) is 46.1 Å². The monoisotopic (exact) mass is 425 g/mol. The first-order valence-corrected chi connectivity index (χ1v) is 10.9. The van der Waals surface area contributed by atoms with E-state index in [9.17, 15) is 9.59 Å². The lowest BCUT2D eigenvalue weighted by Gasteiger charge is -2.24. The highest BCUT2D eigenvalue weighted by atomic mass is 16.5. The van der Waals surface area contributed by atoms with E-state index in [4.69, 9.17) is 14.2 Å². The molecule has 6 heteroatoms. The van der Waals surface area contributed by atoms with Crippen molar-refractivity contribution in [3.05, 3.63) is 53.6 Å². The van der Waals surface area contributed by atoms with Crippen LogP contribution in [0.5, 0.6) is 17.2 Å². The van der Waals surface area contributed by atoms with Gasteiger partial charge in [-0.3, -0.25) is 9.59 Å². The first kappa shape index (κ1) is 22.7. The summed E-state index contributed by atoms with van der Waals surface area (Å²) in [6.07, 6.45) is 1.84. The van der Waals surface area contributed by atoms with Gasteiger partial charge in [-0.05, 0) is 61.2 Å². The molecular formula is C25H31NO5. The van der Waals surface area contributed by atoms with Gasteiger partial charge in [0.1, 0.15) is 5.75 Å². The molecule has 6 nitrogen and oxygen atoms in total. The molecule has 1 atom stereocenters. The Hall–Kier alpha value is -3.02. The molecule has 0 saturated carbocycles. The van der Waals surface area contributed by atoms with E-state index in [1.807, 2.05) is 18.2 Å². The van der Waals surface area contributed by atoms with Crippen LogP contribution in [0.2, 0.25) is 0 Å². The second kappa shape index (κ2) is 10.8. The number of Topliss-reactive ketones (excluding diaryl/α,β-unsaturated/α-hetero) is 1. The minimum absolute atomic E-state index is 0.0126. The number of rotatable bonds is 9. The zero-order valence-electron chi connectivity index (χ0n) is 18.5. The maximum absolute atomic E-state index is 12.5. The lowest BCUT2D eigenvalue weighted by molar-refractivity contribution is -0.122. The van der Waals surface area contributed by atoms with E-state index in [0.717, 1.165) is 23.5 Å². The van der Waals surface area contributed by atoms with Crippen LogP contribution in [0.4, 0.5) is 0 Å². The summed E-state index contributed by atoms with van der Waals surface area (Å²) in [6, 6.07) is 12.8. The van der Waals surface area contributed by atoms with Gasteiger partial charge in [-0.25, -0.2) is 0 Å². The molecule has 0 aliphatic carbocycles. The predicted molar refractivity (Wildman–Crippen MR) is 119 cm³/mol. The first-order chi connectivity index (χ1) is 14.9. The van der Waals surface area contributed by atoms with Crippen molar-refractivity contribution in [3.8, 4) is 17.2 Å². The molecule has 1 heterocycles. The zero-order chi connectivity index (χ0) is 22.2. The summed E-state index contributed by atoms with van der Waals surface area (Å²) < 4.78 is 17.2. The number of fused-ring (bicyclic) bond motifs is 1. The Balaban J connectivity index is 1.50. The summed E-state index contributed by atoms with van der Waals surface area (Å²) in [5, 5.41) is 3.15. The molecule has 0 bridgehead atoms. The van der Waals surface area contributed by atoms with Gasteiger partial charge in [0.2, 0.25) is 5.91 Å². The molecule has 31 heavy (non-hydrogen) atoms. The Bertz CT molecular complexity index is 891. The van der Waals surface area contributed by atoms with Crippen molar-refractivity contribution in [2.24, 2.45) is 5.92 Å². The van der Waals surface area contributed by atoms with Crippen molar-refractivity contribution in [1.29, 1.82) is 0 Å². The van der Waals surface area contributed by atoms with Crippen LogP contribution < -0.4 is 19.5 Å². The van der Waals surface area contributed by atoms with E-state index >= 15 is 0 Å². The predicted octanol–water partition coefficient (Wildman–Crippen LogP) is 4.72. The highest BCUT2D eigenvalue weighted by Crippen LogP contribution is 2.34. The van der Waals surface area contributed by atoms with Crippen molar-refractivity contribution < 1.29 is 23.8 Å². The SMILES string of the molecule is CC(=O)c1ccc(OCCCC(=O)N[C@H](c2ccc3c(c2)OCCCO3)C(C)C)cc1. The second-order valence-corrected chi connectivity index (χ2v) is 8.08.